The summed E-state index contributed by atoms with van der Waals surface area (Å²) in [4.78, 5) is 20.7. The molecule has 1 aliphatic heterocycles. The average Bonchev–Trinajstić information content (AvgIpc) is 3.41. The van der Waals surface area contributed by atoms with Gasteiger partial charge in [0.05, 0.1) is 6.61 Å². The van der Waals surface area contributed by atoms with E-state index in [2.05, 4.69) is 77.7 Å². The first-order valence-electron chi connectivity index (χ1n) is 12.7. The highest BCUT2D eigenvalue weighted by atomic mass is 16.7. The van der Waals surface area contributed by atoms with Crippen LogP contribution in [0.3, 0.4) is 0 Å². The van der Waals surface area contributed by atoms with Gasteiger partial charge in [0.25, 0.3) is 0 Å². The van der Waals surface area contributed by atoms with Gasteiger partial charge in [-0.2, -0.15) is 0 Å². The van der Waals surface area contributed by atoms with Crippen molar-refractivity contribution in [2.24, 2.45) is 0 Å². The Labute approximate surface area is 227 Å². The maximum atomic E-state index is 9.10. The Balaban J connectivity index is 0.000000531. The molecule has 0 saturated heterocycles. The fourth-order valence-corrected chi connectivity index (χ4v) is 4.44. The van der Waals surface area contributed by atoms with Crippen molar-refractivity contribution in [1.29, 1.82) is 0 Å². The zero-order valence-electron chi connectivity index (χ0n) is 21.7. The molecule has 8 nitrogen and oxygen atoms in total. The van der Waals surface area contributed by atoms with Gasteiger partial charge in [-0.15, -0.1) is 0 Å². The lowest BCUT2D eigenvalue weighted by molar-refractivity contribution is -0.159. The van der Waals surface area contributed by atoms with Crippen LogP contribution in [-0.4, -0.2) is 47.0 Å². The van der Waals surface area contributed by atoms with Gasteiger partial charge in [-0.25, -0.2) is 9.59 Å². The summed E-state index contributed by atoms with van der Waals surface area (Å²) in [6.45, 7) is 5.61. The van der Waals surface area contributed by atoms with Crippen molar-refractivity contribution in [3.8, 4) is 17.2 Å². The molecule has 39 heavy (non-hydrogen) atoms. The third-order valence-corrected chi connectivity index (χ3v) is 6.28. The molecule has 1 heterocycles. The fraction of sp³-hybridized carbons (Fsp3) is 0.226. The number of fused-ring (bicyclic) bond motifs is 2. The summed E-state index contributed by atoms with van der Waals surface area (Å²) in [6.07, 6.45) is 0.929. The number of carbonyl (C=O) groups is 2. The van der Waals surface area contributed by atoms with Gasteiger partial charge < -0.3 is 24.4 Å². The van der Waals surface area contributed by atoms with Crippen LogP contribution in [0, 0.1) is 0 Å². The van der Waals surface area contributed by atoms with Crippen LogP contribution in [0.25, 0.3) is 10.8 Å². The minimum atomic E-state index is -1.82. The van der Waals surface area contributed by atoms with E-state index in [9.17, 15) is 0 Å². The molecule has 8 heteroatoms. The smallest absolute Gasteiger partial charge is 0.414 e. The van der Waals surface area contributed by atoms with Gasteiger partial charge in [-0.3, -0.25) is 4.90 Å². The molecule has 1 aliphatic rings. The van der Waals surface area contributed by atoms with E-state index in [0.717, 1.165) is 43.3 Å². The molecule has 0 aromatic heterocycles. The molecule has 4 aromatic carbocycles. The van der Waals surface area contributed by atoms with Gasteiger partial charge in [-0.1, -0.05) is 66.7 Å². The zero-order valence-corrected chi connectivity index (χ0v) is 21.7. The van der Waals surface area contributed by atoms with E-state index < -0.39 is 11.9 Å². The SMILES string of the molecule is CCOc1ccccc1CN(CCc1ccc2c(c1)OCO2)Cc1cccc2ccccc12.O=C(O)C(=O)O. The standard InChI is InChI=1S/C29H29NO3.C2H2O4/c1-2-31-27-13-6-4-9-25(27)20-30(17-16-22-14-15-28-29(18-22)33-21-32-28)19-24-11-7-10-23-8-3-5-12-26(23)24;3-1(4)2(5)6/h3-15,18H,2,16-17,19-21H2,1H3;(H,3,4)(H,5,6). The van der Waals surface area contributed by atoms with Crippen LogP contribution in [0.4, 0.5) is 0 Å². The van der Waals surface area contributed by atoms with Crippen LogP contribution in [-0.2, 0) is 29.1 Å². The summed E-state index contributed by atoms with van der Waals surface area (Å²) < 4.78 is 17.0. The third kappa shape index (κ3) is 7.49. The van der Waals surface area contributed by atoms with Gasteiger partial charge in [0, 0.05) is 25.2 Å². The lowest BCUT2D eigenvalue weighted by atomic mass is 10.0. The molecule has 0 amide bonds. The minimum absolute atomic E-state index is 0.306. The molecule has 0 fully saturated rings. The second-order valence-corrected chi connectivity index (χ2v) is 8.94. The van der Waals surface area contributed by atoms with E-state index in [-0.39, 0.29) is 0 Å². The number of para-hydroxylation sites is 1. The van der Waals surface area contributed by atoms with Gasteiger partial charge in [0.15, 0.2) is 11.5 Å². The predicted octanol–water partition coefficient (Wildman–Crippen LogP) is 5.37. The second-order valence-electron chi connectivity index (χ2n) is 8.94. The molecule has 5 rings (SSSR count). The Kier molecular flexibility index (Phi) is 9.37. The maximum Gasteiger partial charge on any atom is 0.414 e. The Morgan fingerprint density at radius 2 is 1.49 bits per heavy atom. The lowest BCUT2D eigenvalue weighted by Crippen LogP contribution is -2.26. The van der Waals surface area contributed by atoms with Gasteiger partial charge in [0.1, 0.15) is 5.75 Å². The first-order chi connectivity index (χ1) is 18.9. The molecule has 4 aromatic rings. The van der Waals surface area contributed by atoms with Crippen LogP contribution in [0.1, 0.15) is 23.6 Å². The van der Waals surface area contributed by atoms with Crippen LogP contribution < -0.4 is 14.2 Å². The number of nitrogens with zero attached hydrogens (tertiary/aromatic N) is 1. The molecule has 0 bridgehead atoms. The summed E-state index contributed by atoms with van der Waals surface area (Å²) in [5, 5.41) is 17.4. The highest BCUT2D eigenvalue weighted by molar-refractivity contribution is 6.27. The van der Waals surface area contributed by atoms with Crippen LogP contribution in [0.2, 0.25) is 0 Å². The monoisotopic (exact) mass is 529 g/mol. The number of ether oxygens (including phenoxy) is 3. The van der Waals surface area contributed by atoms with Crippen molar-refractivity contribution in [3.63, 3.8) is 0 Å². The summed E-state index contributed by atoms with van der Waals surface area (Å²) in [5.74, 6) is -1.01. The van der Waals surface area contributed by atoms with Crippen molar-refractivity contribution < 1.29 is 34.0 Å². The Bertz CT molecular complexity index is 1420. The van der Waals surface area contributed by atoms with Crippen molar-refractivity contribution in [1.82, 2.24) is 4.90 Å². The lowest BCUT2D eigenvalue weighted by Gasteiger charge is -2.24. The number of hydrogen-bond donors (Lipinski definition) is 2. The highest BCUT2D eigenvalue weighted by Crippen LogP contribution is 2.33. The first kappa shape index (κ1) is 27.5. The Morgan fingerprint density at radius 3 is 2.28 bits per heavy atom. The minimum Gasteiger partial charge on any atom is -0.494 e. The summed E-state index contributed by atoms with van der Waals surface area (Å²) >= 11 is 0. The molecular weight excluding hydrogens is 498 g/mol. The predicted molar refractivity (Wildman–Crippen MR) is 147 cm³/mol. The van der Waals surface area contributed by atoms with Gasteiger partial charge >= 0.3 is 11.9 Å². The summed E-state index contributed by atoms with van der Waals surface area (Å²) in [7, 11) is 0. The van der Waals surface area contributed by atoms with Crippen molar-refractivity contribution >= 4 is 22.7 Å². The number of carboxylic acids is 2. The van der Waals surface area contributed by atoms with Crippen molar-refractivity contribution in [2.75, 3.05) is 19.9 Å². The molecule has 202 valence electrons. The molecular formula is C31H31NO7. The average molecular weight is 530 g/mol. The number of benzene rings is 4. The summed E-state index contributed by atoms with van der Waals surface area (Å²) in [6, 6.07) is 29.8. The molecule has 0 saturated carbocycles. The quantitative estimate of drug-likeness (QED) is 0.279. The Hall–Kier alpha value is -4.56. The topological polar surface area (TPSA) is 106 Å². The van der Waals surface area contributed by atoms with E-state index in [4.69, 9.17) is 34.0 Å². The van der Waals surface area contributed by atoms with Crippen LogP contribution in [0.5, 0.6) is 17.2 Å². The number of carboxylic acid groups (broad SMARTS) is 2. The van der Waals surface area contributed by atoms with E-state index in [0.29, 0.717) is 13.4 Å². The number of aliphatic carboxylic acids is 2. The van der Waals surface area contributed by atoms with Crippen molar-refractivity contribution in [2.45, 2.75) is 26.4 Å². The van der Waals surface area contributed by atoms with E-state index in [1.165, 1.54) is 27.5 Å². The second kappa shape index (κ2) is 13.3. The molecule has 0 radical (unpaired) electrons. The van der Waals surface area contributed by atoms with Crippen LogP contribution >= 0.6 is 0 Å². The third-order valence-electron chi connectivity index (χ3n) is 6.28. The molecule has 0 unspecified atom stereocenters. The summed E-state index contributed by atoms with van der Waals surface area (Å²) in [5.41, 5.74) is 3.80. The van der Waals surface area contributed by atoms with E-state index in [1.807, 2.05) is 19.1 Å². The molecule has 0 aliphatic carbocycles. The van der Waals surface area contributed by atoms with Crippen LogP contribution in [0.15, 0.2) is 84.9 Å². The zero-order chi connectivity index (χ0) is 27.6. The normalized spacial score (nSPS) is 11.6. The van der Waals surface area contributed by atoms with E-state index in [1.54, 1.807) is 0 Å². The number of hydrogen-bond acceptors (Lipinski definition) is 6. The van der Waals surface area contributed by atoms with Gasteiger partial charge in [-0.05, 0) is 53.4 Å². The van der Waals surface area contributed by atoms with E-state index >= 15 is 0 Å². The van der Waals surface area contributed by atoms with Gasteiger partial charge in [0.2, 0.25) is 6.79 Å². The largest absolute Gasteiger partial charge is 0.494 e. The molecule has 0 spiro atoms. The fourth-order valence-electron chi connectivity index (χ4n) is 4.44. The maximum absolute atomic E-state index is 9.10. The van der Waals surface area contributed by atoms with Crippen molar-refractivity contribution in [3.05, 3.63) is 102 Å². The molecule has 2 N–H and O–H groups in total. The number of rotatable bonds is 9. The highest BCUT2D eigenvalue weighted by Gasteiger charge is 2.16. The Morgan fingerprint density at radius 1 is 0.821 bits per heavy atom. The molecule has 0 atom stereocenters. The first-order valence-corrected chi connectivity index (χ1v) is 12.7.